The third-order valence-corrected chi connectivity index (χ3v) is 1.42. The molecule has 0 aliphatic heterocycles. The van der Waals surface area contributed by atoms with Crippen molar-refractivity contribution >= 4 is 6.09 Å². The summed E-state index contributed by atoms with van der Waals surface area (Å²) in [6.07, 6.45) is 0.160. The predicted octanol–water partition coefficient (Wildman–Crippen LogP) is 0.653. The van der Waals surface area contributed by atoms with Crippen molar-refractivity contribution in [3.05, 3.63) is 0 Å². The Hall–Kier alpha value is -0.810. The van der Waals surface area contributed by atoms with E-state index in [0.717, 1.165) is 0 Å². The molecule has 0 bridgehead atoms. The van der Waals surface area contributed by atoms with Crippen LogP contribution in [-0.4, -0.2) is 38.3 Å². The highest BCUT2D eigenvalue weighted by atomic mass is 16.7. The average molecular weight is 177 g/mol. The molecule has 0 spiro atoms. The molecule has 2 N–H and O–H groups in total. The van der Waals surface area contributed by atoms with Gasteiger partial charge < -0.3 is 19.9 Å². The second kappa shape index (κ2) is 6.87. The van der Waals surface area contributed by atoms with Crippen molar-refractivity contribution in [1.29, 1.82) is 0 Å². The number of amides is 1. The molecule has 0 aromatic heterocycles. The minimum absolute atomic E-state index is 0.236. The second-order valence-electron chi connectivity index (χ2n) is 2.28. The van der Waals surface area contributed by atoms with Crippen LogP contribution in [0, 0.1) is 0 Å². The quantitative estimate of drug-likeness (QED) is 0.462. The molecule has 0 unspecified atom stereocenters. The van der Waals surface area contributed by atoms with E-state index in [4.69, 9.17) is 14.6 Å². The topological polar surface area (TPSA) is 67.8 Å². The Morgan fingerprint density at radius 1 is 1.50 bits per heavy atom. The number of hydrogen-bond acceptors (Lipinski definition) is 3. The Labute approximate surface area is 71.7 Å². The highest BCUT2D eigenvalue weighted by molar-refractivity contribution is 5.64. The second-order valence-corrected chi connectivity index (χ2v) is 2.28. The lowest BCUT2D eigenvalue weighted by atomic mass is 10.3. The van der Waals surface area contributed by atoms with E-state index in [-0.39, 0.29) is 6.29 Å². The van der Waals surface area contributed by atoms with Crippen molar-refractivity contribution in [3.63, 3.8) is 0 Å². The van der Waals surface area contributed by atoms with Gasteiger partial charge in [0.2, 0.25) is 0 Å². The molecular formula is C7H15NO4. The van der Waals surface area contributed by atoms with Crippen molar-refractivity contribution in [3.8, 4) is 0 Å². The minimum atomic E-state index is -0.999. The number of ether oxygens (including phenoxy) is 2. The van der Waals surface area contributed by atoms with Gasteiger partial charge in [-0.2, -0.15) is 0 Å². The molecular weight excluding hydrogens is 162 g/mol. The zero-order chi connectivity index (χ0) is 9.40. The SMILES string of the molecule is COC(CCCNC(=O)O)OC. The lowest BCUT2D eigenvalue weighted by Crippen LogP contribution is -2.23. The van der Waals surface area contributed by atoms with Gasteiger partial charge in [0.1, 0.15) is 0 Å². The van der Waals surface area contributed by atoms with Crippen LogP contribution in [-0.2, 0) is 9.47 Å². The molecule has 5 heteroatoms. The summed E-state index contributed by atoms with van der Waals surface area (Å²) in [5.74, 6) is 0. The zero-order valence-corrected chi connectivity index (χ0v) is 7.37. The van der Waals surface area contributed by atoms with E-state index in [2.05, 4.69) is 5.32 Å². The molecule has 0 atom stereocenters. The molecule has 0 rings (SSSR count). The van der Waals surface area contributed by atoms with Crippen LogP contribution in [0.15, 0.2) is 0 Å². The van der Waals surface area contributed by atoms with Crippen LogP contribution >= 0.6 is 0 Å². The summed E-state index contributed by atoms with van der Waals surface area (Å²) >= 11 is 0. The Bertz CT molecular complexity index is 125. The highest BCUT2D eigenvalue weighted by Gasteiger charge is 2.03. The first-order valence-corrected chi connectivity index (χ1v) is 3.73. The number of methoxy groups -OCH3 is 2. The predicted molar refractivity (Wildman–Crippen MR) is 43.1 cm³/mol. The van der Waals surface area contributed by atoms with E-state index in [9.17, 15) is 4.79 Å². The normalized spacial score (nSPS) is 10.2. The molecule has 0 aliphatic carbocycles. The van der Waals surface area contributed by atoms with E-state index < -0.39 is 6.09 Å². The molecule has 0 saturated carbocycles. The largest absolute Gasteiger partial charge is 0.465 e. The maximum Gasteiger partial charge on any atom is 0.404 e. The third-order valence-electron chi connectivity index (χ3n) is 1.42. The summed E-state index contributed by atoms with van der Waals surface area (Å²) in [7, 11) is 3.11. The van der Waals surface area contributed by atoms with Gasteiger partial charge in [0.05, 0.1) is 0 Å². The maximum absolute atomic E-state index is 10.0. The summed E-state index contributed by atoms with van der Waals surface area (Å²) < 4.78 is 9.82. The molecule has 1 amide bonds. The summed E-state index contributed by atoms with van der Waals surface area (Å²) in [5, 5.41) is 10.5. The fraction of sp³-hybridized carbons (Fsp3) is 0.857. The molecule has 0 aliphatic rings. The van der Waals surface area contributed by atoms with Crippen LogP contribution in [0.2, 0.25) is 0 Å². The average Bonchev–Trinajstić information content (AvgIpc) is 2.04. The Kier molecular flexibility index (Phi) is 6.41. The van der Waals surface area contributed by atoms with Gasteiger partial charge in [0.25, 0.3) is 0 Å². The van der Waals surface area contributed by atoms with Crippen LogP contribution in [0.4, 0.5) is 4.79 Å². The zero-order valence-electron chi connectivity index (χ0n) is 7.37. The van der Waals surface area contributed by atoms with Crippen molar-refractivity contribution in [2.75, 3.05) is 20.8 Å². The fourth-order valence-corrected chi connectivity index (χ4v) is 0.796. The van der Waals surface area contributed by atoms with Gasteiger partial charge in [-0.3, -0.25) is 0 Å². The smallest absolute Gasteiger partial charge is 0.404 e. The van der Waals surface area contributed by atoms with E-state index in [1.54, 1.807) is 14.2 Å². The number of carboxylic acid groups (broad SMARTS) is 1. The van der Waals surface area contributed by atoms with Gasteiger partial charge in [-0.25, -0.2) is 4.79 Å². The molecule has 0 saturated heterocycles. The monoisotopic (exact) mass is 177 g/mol. The molecule has 0 radical (unpaired) electrons. The number of carbonyl (C=O) groups is 1. The molecule has 12 heavy (non-hydrogen) atoms. The molecule has 0 fully saturated rings. The van der Waals surface area contributed by atoms with Crippen LogP contribution < -0.4 is 5.32 Å². The highest BCUT2D eigenvalue weighted by Crippen LogP contribution is 2.00. The lowest BCUT2D eigenvalue weighted by Gasteiger charge is -2.12. The fourth-order valence-electron chi connectivity index (χ4n) is 0.796. The molecule has 5 nitrogen and oxygen atoms in total. The Morgan fingerprint density at radius 3 is 2.50 bits per heavy atom. The Balaban J connectivity index is 3.23. The summed E-state index contributed by atoms with van der Waals surface area (Å²) in [4.78, 5) is 10.0. The van der Waals surface area contributed by atoms with Gasteiger partial charge in [-0.15, -0.1) is 0 Å². The first-order chi connectivity index (χ1) is 5.70. The molecule has 0 heterocycles. The van der Waals surface area contributed by atoms with E-state index in [1.807, 2.05) is 0 Å². The van der Waals surface area contributed by atoms with Gasteiger partial charge in [-0.05, 0) is 6.42 Å². The van der Waals surface area contributed by atoms with Crippen LogP contribution in [0.5, 0.6) is 0 Å². The standard InChI is InChI=1S/C7H15NO4/c1-11-6(12-2)4-3-5-8-7(9)10/h6,8H,3-5H2,1-2H3,(H,9,10). The van der Waals surface area contributed by atoms with Gasteiger partial charge in [0.15, 0.2) is 6.29 Å². The summed E-state index contributed by atoms with van der Waals surface area (Å²) in [6.45, 7) is 0.429. The van der Waals surface area contributed by atoms with Gasteiger partial charge >= 0.3 is 6.09 Å². The number of rotatable bonds is 6. The van der Waals surface area contributed by atoms with Crippen molar-refractivity contribution in [2.45, 2.75) is 19.1 Å². The third kappa shape index (κ3) is 5.94. The summed E-state index contributed by atoms with van der Waals surface area (Å²) in [5.41, 5.74) is 0. The van der Waals surface area contributed by atoms with E-state index in [0.29, 0.717) is 19.4 Å². The molecule has 72 valence electrons. The first-order valence-electron chi connectivity index (χ1n) is 3.73. The number of nitrogens with one attached hydrogen (secondary N) is 1. The van der Waals surface area contributed by atoms with Crippen LogP contribution in [0.3, 0.4) is 0 Å². The minimum Gasteiger partial charge on any atom is -0.465 e. The first kappa shape index (κ1) is 11.2. The van der Waals surface area contributed by atoms with E-state index in [1.165, 1.54) is 0 Å². The Morgan fingerprint density at radius 2 is 2.08 bits per heavy atom. The van der Waals surface area contributed by atoms with Gasteiger partial charge in [0, 0.05) is 27.2 Å². The lowest BCUT2D eigenvalue weighted by molar-refractivity contribution is -0.106. The molecule has 0 aromatic rings. The van der Waals surface area contributed by atoms with Crippen LogP contribution in [0.1, 0.15) is 12.8 Å². The van der Waals surface area contributed by atoms with Crippen molar-refractivity contribution in [2.24, 2.45) is 0 Å². The van der Waals surface area contributed by atoms with Crippen molar-refractivity contribution in [1.82, 2.24) is 5.32 Å². The van der Waals surface area contributed by atoms with Crippen molar-refractivity contribution < 1.29 is 19.4 Å². The summed E-state index contributed by atoms with van der Waals surface area (Å²) in [6, 6.07) is 0. The van der Waals surface area contributed by atoms with Gasteiger partial charge in [-0.1, -0.05) is 0 Å². The maximum atomic E-state index is 10.0. The number of hydrogen-bond donors (Lipinski definition) is 2. The molecule has 0 aromatic carbocycles. The van der Waals surface area contributed by atoms with E-state index >= 15 is 0 Å². The van der Waals surface area contributed by atoms with Crippen LogP contribution in [0.25, 0.3) is 0 Å².